The highest BCUT2D eigenvalue weighted by Gasteiger charge is 2.11. The molecule has 0 aliphatic rings. The average molecular weight is 554 g/mol. The summed E-state index contributed by atoms with van der Waals surface area (Å²) in [7, 11) is 0. The van der Waals surface area contributed by atoms with E-state index in [1.54, 1.807) is 36.4 Å². The predicted octanol–water partition coefficient (Wildman–Crippen LogP) is 3.05. The molecule has 0 fully saturated rings. The van der Waals surface area contributed by atoms with E-state index in [0.717, 1.165) is 9.13 Å². The summed E-state index contributed by atoms with van der Waals surface area (Å²) in [5.74, 6) is -0.419. The van der Waals surface area contributed by atoms with Gasteiger partial charge in [-0.25, -0.2) is 0 Å². The number of thiocarbonyl (C=S) groups is 1. The fourth-order valence-electron chi connectivity index (χ4n) is 2.38. The van der Waals surface area contributed by atoms with Crippen molar-refractivity contribution in [2.75, 3.05) is 11.9 Å². The van der Waals surface area contributed by atoms with E-state index in [9.17, 15) is 14.4 Å². The zero-order valence-electron chi connectivity index (χ0n) is 17.1. The SMILES string of the molecule is CCOc1ccc(NC(=O)CCC(=O)NNC(=S)NC(=O)c2ccc(C)c(I)c2)cc1. The summed E-state index contributed by atoms with van der Waals surface area (Å²) in [5.41, 5.74) is 6.94. The number of hydrogen-bond donors (Lipinski definition) is 4. The first-order valence-electron chi connectivity index (χ1n) is 9.47. The highest BCUT2D eigenvalue weighted by molar-refractivity contribution is 14.1. The van der Waals surface area contributed by atoms with E-state index in [-0.39, 0.29) is 29.8 Å². The molecule has 0 atom stereocenters. The number of benzene rings is 2. The van der Waals surface area contributed by atoms with Crippen molar-refractivity contribution in [1.82, 2.24) is 16.2 Å². The molecule has 0 aliphatic heterocycles. The van der Waals surface area contributed by atoms with Gasteiger partial charge >= 0.3 is 0 Å². The molecule has 0 aliphatic carbocycles. The van der Waals surface area contributed by atoms with E-state index < -0.39 is 5.91 Å². The van der Waals surface area contributed by atoms with Crippen LogP contribution in [0.1, 0.15) is 35.7 Å². The molecule has 164 valence electrons. The Balaban J connectivity index is 1.69. The molecule has 10 heteroatoms. The van der Waals surface area contributed by atoms with Gasteiger partial charge in [0.1, 0.15) is 5.75 Å². The fourth-order valence-corrected chi connectivity index (χ4v) is 3.04. The van der Waals surface area contributed by atoms with Crippen LogP contribution < -0.4 is 26.2 Å². The van der Waals surface area contributed by atoms with Gasteiger partial charge in [-0.05, 0) is 90.6 Å². The smallest absolute Gasteiger partial charge is 0.257 e. The Morgan fingerprint density at radius 2 is 1.68 bits per heavy atom. The maximum atomic E-state index is 12.2. The first-order valence-corrected chi connectivity index (χ1v) is 11.0. The minimum Gasteiger partial charge on any atom is -0.494 e. The minimum atomic E-state index is -0.441. The van der Waals surface area contributed by atoms with Crippen LogP contribution in [0.2, 0.25) is 0 Å². The van der Waals surface area contributed by atoms with E-state index >= 15 is 0 Å². The van der Waals surface area contributed by atoms with Crippen LogP contribution in [0.3, 0.4) is 0 Å². The maximum Gasteiger partial charge on any atom is 0.257 e. The summed E-state index contributed by atoms with van der Waals surface area (Å²) in [6.07, 6.45) is -0.0652. The quantitative estimate of drug-likeness (QED) is 0.238. The molecule has 4 N–H and O–H groups in total. The van der Waals surface area contributed by atoms with Gasteiger partial charge < -0.3 is 10.1 Å². The molecule has 0 aromatic heterocycles. The second kappa shape index (κ2) is 12.2. The number of carbonyl (C=O) groups is 3. The number of nitrogens with one attached hydrogen (secondary N) is 4. The van der Waals surface area contributed by atoms with Crippen LogP contribution in [-0.4, -0.2) is 29.4 Å². The number of halogens is 1. The van der Waals surface area contributed by atoms with E-state index in [4.69, 9.17) is 17.0 Å². The molecule has 2 aromatic rings. The number of anilines is 1. The minimum absolute atomic E-state index is 0.0123. The Hall–Kier alpha value is -2.73. The molecule has 8 nitrogen and oxygen atoms in total. The van der Waals surface area contributed by atoms with Crippen molar-refractivity contribution in [1.29, 1.82) is 0 Å². The van der Waals surface area contributed by atoms with E-state index in [2.05, 4.69) is 44.1 Å². The number of aryl methyl sites for hydroxylation is 1. The van der Waals surface area contributed by atoms with Crippen LogP contribution in [0.4, 0.5) is 5.69 Å². The molecular formula is C21H23IN4O4S. The number of ether oxygens (including phenoxy) is 1. The van der Waals surface area contributed by atoms with Gasteiger partial charge in [0.25, 0.3) is 5.91 Å². The Labute approximate surface area is 199 Å². The summed E-state index contributed by atoms with van der Waals surface area (Å²) in [4.78, 5) is 36.1. The zero-order chi connectivity index (χ0) is 22.8. The largest absolute Gasteiger partial charge is 0.494 e. The number of hydrazine groups is 1. The molecule has 0 radical (unpaired) electrons. The Kier molecular flexibility index (Phi) is 9.66. The molecule has 3 amide bonds. The van der Waals surface area contributed by atoms with Gasteiger partial charge in [0.15, 0.2) is 5.11 Å². The monoisotopic (exact) mass is 554 g/mol. The Morgan fingerprint density at radius 3 is 2.32 bits per heavy atom. The normalized spacial score (nSPS) is 10.0. The van der Waals surface area contributed by atoms with Crippen molar-refractivity contribution < 1.29 is 19.1 Å². The standard InChI is InChI=1S/C21H23IN4O4S/c1-3-30-16-8-6-15(7-9-16)23-18(27)10-11-19(28)25-26-21(31)24-20(29)14-5-4-13(2)17(22)12-14/h4-9,12H,3,10-11H2,1-2H3,(H,23,27)(H,25,28)(H2,24,26,29,31). The van der Waals surface area contributed by atoms with Crippen molar-refractivity contribution >= 4 is 63.3 Å². The highest BCUT2D eigenvalue weighted by atomic mass is 127. The Morgan fingerprint density at radius 1 is 1.00 bits per heavy atom. The van der Waals surface area contributed by atoms with Crippen LogP contribution in [-0.2, 0) is 9.59 Å². The number of amides is 3. The molecule has 0 heterocycles. The lowest BCUT2D eigenvalue weighted by molar-refractivity contribution is -0.124. The lowest BCUT2D eigenvalue weighted by Crippen LogP contribution is -2.48. The fraction of sp³-hybridized carbons (Fsp3) is 0.238. The second-order valence-corrected chi connectivity index (χ2v) is 8.00. The predicted molar refractivity (Wildman–Crippen MR) is 131 cm³/mol. The van der Waals surface area contributed by atoms with Crippen LogP contribution >= 0.6 is 34.8 Å². The topological polar surface area (TPSA) is 109 Å². The molecule has 0 bridgehead atoms. The van der Waals surface area contributed by atoms with Gasteiger partial charge in [-0.1, -0.05) is 6.07 Å². The molecule has 31 heavy (non-hydrogen) atoms. The molecular weight excluding hydrogens is 531 g/mol. The molecule has 2 rings (SSSR count). The van der Waals surface area contributed by atoms with Gasteiger partial charge in [0, 0.05) is 27.7 Å². The maximum absolute atomic E-state index is 12.2. The summed E-state index contributed by atoms with van der Waals surface area (Å²) in [6, 6.07) is 12.2. The van der Waals surface area contributed by atoms with Crippen molar-refractivity contribution in [3.63, 3.8) is 0 Å². The third kappa shape index (κ3) is 8.50. The van der Waals surface area contributed by atoms with Crippen LogP contribution in [0.5, 0.6) is 5.75 Å². The summed E-state index contributed by atoms with van der Waals surface area (Å²) < 4.78 is 6.30. The first kappa shape index (κ1) is 24.5. The molecule has 2 aromatic carbocycles. The Bertz CT molecular complexity index is 966. The van der Waals surface area contributed by atoms with Gasteiger partial charge in [-0.2, -0.15) is 0 Å². The van der Waals surface area contributed by atoms with Crippen molar-refractivity contribution in [3.8, 4) is 5.75 Å². The molecule has 0 spiro atoms. The van der Waals surface area contributed by atoms with E-state index in [1.165, 1.54) is 0 Å². The van der Waals surface area contributed by atoms with Crippen LogP contribution in [0.15, 0.2) is 42.5 Å². The number of hydrogen-bond acceptors (Lipinski definition) is 5. The highest BCUT2D eigenvalue weighted by Crippen LogP contribution is 2.16. The average Bonchev–Trinajstić information content (AvgIpc) is 2.74. The van der Waals surface area contributed by atoms with E-state index in [0.29, 0.717) is 23.6 Å². The van der Waals surface area contributed by atoms with Crippen molar-refractivity contribution in [2.24, 2.45) is 0 Å². The molecule has 0 saturated heterocycles. The third-order valence-corrected chi connectivity index (χ3v) is 5.37. The van der Waals surface area contributed by atoms with Crippen LogP contribution in [0, 0.1) is 10.5 Å². The number of carbonyl (C=O) groups excluding carboxylic acids is 3. The van der Waals surface area contributed by atoms with Crippen LogP contribution in [0.25, 0.3) is 0 Å². The molecule has 0 saturated carbocycles. The summed E-state index contributed by atoms with van der Waals surface area (Å²) in [6.45, 7) is 4.40. The third-order valence-electron chi connectivity index (χ3n) is 4.00. The lowest BCUT2D eigenvalue weighted by atomic mass is 10.1. The zero-order valence-corrected chi connectivity index (χ0v) is 20.1. The van der Waals surface area contributed by atoms with Gasteiger partial charge in [0.2, 0.25) is 11.8 Å². The van der Waals surface area contributed by atoms with Gasteiger partial charge in [-0.3, -0.25) is 30.6 Å². The van der Waals surface area contributed by atoms with Crippen molar-refractivity contribution in [2.45, 2.75) is 26.7 Å². The summed E-state index contributed by atoms with van der Waals surface area (Å²) in [5, 5.41) is 5.14. The lowest BCUT2D eigenvalue weighted by Gasteiger charge is -2.11. The van der Waals surface area contributed by atoms with Gasteiger partial charge in [0.05, 0.1) is 6.61 Å². The first-order chi connectivity index (χ1) is 14.8. The van der Waals surface area contributed by atoms with E-state index in [1.807, 2.05) is 19.9 Å². The van der Waals surface area contributed by atoms with Crippen molar-refractivity contribution in [3.05, 3.63) is 57.2 Å². The summed E-state index contributed by atoms with van der Waals surface area (Å²) >= 11 is 7.15. The second-order valence-electron chi connectivity index (χ2n) is 6.43. The number of rotatable bonds is 7. The molecule has 0 unspecified atom stereocenters. The van der Waals surface area contributed by atoms with Gasteiger partial charge in [-0.15, -0.1) is 0 Å².